The van der Waals surface area contributed by atoms with Crippen molar-refractivity contribution < 1.29 is 41.4 Å². The lowest BCUT2D eigenvalue weighted by Crippen LogP contribution is -2.48. The van der Waals surface area contributed by atoms with E-state index in [-0.39, 0.29) is 31.3 Å². The summed E-state index contributed by atoms with van der Waals surface area (Å²) in [6.45, 7) is 1.66. The number of unbranched alkanes of at least 4 members (excludes halogenated alkanes) is 1. The van der Waals surface area contributed by atoms with Gasteiger partial charge in [-0.25, -0.2) is 4.39 Å². The van der Waals surface area contributed by atoms with Gasteiger partial charge in [-0.1, -0.05) is 24.3 Å². The Morgan fingerprint density at radius 1 is 0.911 bits per heavy atom. The Balaban J connectivity index is 1.00. The Morgan fingerprint density at radius 3 is 2.39 bits per heavy atom. The third-order valence-corrected chi connectivity index (χ3v) is 9.67. The topological polar surface area (TPSA) is 137 Å². The maximum absolute atomic E-state index is 14.3. The SMILES string of the molecule is C[C@@](COc1ccc(C#N)cc1)(OCCOCCCCc1ccc(-c2[nH]c3cc(F)cc4c3c2CCCC4=O)cc1)C(=O)Nc1ccc(C#N)c(C(F)(F)F)c1. The van der Waals surface area contributed by atoms with Gasteiger partial charge in [0.05, 0.1) is 42.0 Å². The van der Waals surface area contributed by atoms with Gasteiger partial charge in [-0.15, -0.1) is 0 Å². The first-order valence-corrected chi connectivity index (χ1v) is 18.1. The van der Waals surface area contributed by atoms with E-state index in [0.717, 1.165) is 59.5 Å². The van der Waals surface area contributed by atoms with Gasteiger partial charge in [0.15, 0.2) is 11.4 Å². The van der Waals surface area contributed by atoms with Crippen molar-refractivity contribution in [1.82, 2.24) is 4.98 Å². The number of nitriles is 2. The number of nitrogens with one attached hydrogen (secondary N) is 2. The van der Waals surface area contributed by atoms with Crippen molar-refractivity contribution in [1.29, 1.82) is 10.5 Å². The number of rotatable bonds is 15. The van der Waals surface area contributed by atoms with Gasteiger partial charge in [0, 0.05) is 40.9 Å². The molecule has 0 aliphatic heterocycles. The molecular weight excluding hydrogens is 728 g/mol. The minimum Gasteiger partial charge on any atom is -0.490 e. The van der Waals surface area contributed by atoms with Gasteiger partial charge < -0.3 is 24.5 Å². The van der Waals surface area contributed by atoms with E-state index in [0.29, 0.717) is 47.9 Å². The van der Waals surface area contributed by atoms with E-state index in [4.69, 9.17) is 24.7 Å². The average molecular weight is 767 g/mol. The number of halogens is 4. The van der Waals surface area contributed by atoms with E-state index in [1.54, 1.807) is 12.1 Å². The number of ketones is 1. The van der Waals surface area contributed by atoms with E-state index >= 15 is 0 Å². The number of nitrogens with zero attached hydrogens (tertiary/aromatic N) is 2. The molecule has 6 rings (SSSR count). The summed E-state index contributed by atoms with van der Waals surface area (Å²) >= 11 is 0. The zero-order chi connectivity index (χ0) is 39.9. The van der Waals surface area contributed by atoms with Crippen molar-refractivity contribution in [3.05, 3.63) is 118 Å². The number of ether oxygens (including phenoxy) is 3. The Hall–Kier alpha value is -6.02. The van der Waals surface area contributed by atoms with Crippen molar-refractivity contribution in [3.63, 3.8) is 0 Å². The van der Waals surface area contributed by atoms with Gasteiger partial charge in [-0.05, 0) is 110 Å². The standard InChI is InChI=1S/C43H38F4N4O5/c1-42(26-55-33-16-10-28(24-48)11-17-33,41(53)50-32-15-14-30(25-49)36(23-32)43(45,46)47)56-20-19-54-18-3-2-5-27-8-12-29(13-9-27)40-34-6-4-7-38(52)35-21-31(44)22-37(51-40)39(34)35/h8-17,21-23,51H,2-7,18-20,26H2,1H3,(H,50,53)/t42-/m0/s1. The highest BCUT2D eigenvalue weighted by molar-refractivity contribution is 6.11. The maximum atomic E-state index is 14.3. The summed E-state index contributed by atoms with van der Waals surface area (Å²) < 4.78 is 72.5. The molecule has 0 saturated heterocycles. The van der Waals surface area contributed by atoms with Crippen molar-refractivity contribution in [2.75, 3.05) is 31.7 Å². The van der Waals surface area contributed by atoms with Crippen LogP contribution in [0.15, 0.2) is 78.9 Å². The van der Waals surface area contributed by atoms with Crippen LogP contribution in [0.3, 0.4) is 0 Å². The monoisotopic (exact) mass is 766 g/mol. The molecule has 1 heterocycles. The second-order valence-corrected chi connectivity index (χ2v) is 13.7. The number of aromatic nitrogens is 1. The molecule has 0 fully saturated rings. The first-order chi connectivity index (χ1) is 26.9. The van der Waals surface area contributed by atoms with Gasteiger partial charge in [-0.3, -0.25) is 9.59 Å². The lowest BCUT2D eigenvalue weighted by atomic mass is 9.99. The summed E-state index contributed by atoms with van der Waals surface area (Å²) in [5.41, 5.74) is 1.93. The molecule has 56 heavy (non-hydrogen) atoms. The van der Waals surface area contributed by atoms with Crippen molar-refractivity contribution in [3.8, 4) is 29.1 Å². The maximum Gasteiger partial charge on any atom is 0.417 e. The predicted octanol–water partition coefficient (Wildman–Crippen LogP) is 9.09. The van der Waals surface area contributed by atoms with Crippen LogP contribution in [0.5, 0.6) is 5.75 Å². The number of hydrogen-bond donors (Lipinski definition) is 2. The normalized spacial score (nSPS) is 13.7. The number of carbonyl (C=O) groups is 2. The second kappa shape index (κ2) is 17.2. The minimum absolute atomic E-state index is 0.0265. The molecule has 2 N–H and O–H groups in total. The molecule has 0 radical (unpaired) electrons. The minimum atomic E-state index is -4.81. The molecule has 5 aromatic rings. The Morgan fingerprint density at radius 2 is 1.68 bits per heavy atom. The van der Waals surface area contributed by atoms with Gasteiger partial charge in [0.25, 0.3) is 5.91 Å². The predicted molar refractivity (Wildman–Crippen MR) is 201 cm³/mol. The molecule has 0 unspecified atom stereocenters. The molecule has 9 nitrogen and oxygen atoms in total. The molecule has 1 aliphatic rings. The molecular formula is C43H38F4N4O5. The highest BCUT2D eigenvalue weighted by Crippen LogP contribution is 2.37. The van der Waals surface area contributed by atoms with Crippen LogP contribution >= 0.6 is 0 Å². The quantitative estimate of drug-likeness (QED) is 0.0801. The lowest BCUT2D eigenvalue weighted by molar-refractivity contribution is -0.145. The van der Waals surface area contributed by atoms with Crippen LogP contribution in [0, 0.1) is 28.5 Å². The van der Waals surface area contributed by atoms with E-state index in [1.807, 2.05) is 18.2 Å². The molecule has 13 heteroatoms. The fourth-order valence-corrected chi connectivity index (χ4v) is 6.68. The van der Waals surface area contributed by atoms with Gasteiger partial charge in [0.1, 0.15) is 18.2 Å². The Kier molecular flexibility index (Phi) is 12.2. The first kappa shape index (κ1) is 39.7. The number of H-pyrrole nitrogens is 1. The fourth-order valence-electron chi connectivity index (χ4n) is 6.68. The van der Waals surface area contributed by atoms with Crippen molar-refractivity contribution in [2.45, 2.75) is 57.2 Å². The summed E-state index contributed by atoms with van der Waals surface area (Å²) in [5, 5.41) is 21.5. The fraction of sp³-hybridized carbons (Fsp3) is 0.302. The zero-order valence-electron chi connectivity index (χ0n) is 30.5. The molecule has 0 spiro atoms. The molecule has 1 aromatic heterocycles. The summed E-state index contributed by atoms with van der Waals surface area (Å²) in [7, 11) is 0. The number of aromatic amines is 1. The number of benzene rings is 4. The van der Waals surface area contributed by atoms with Crippen LogP contribution in [0.4, 0.5) is 23.2 Å². The second-order valence-electron chi connectivity index (χ2n) is 13.7. The first-order valence-electron chi connectivity index (χ1n) is 18.1. The molecule has 1 amide bonds. The number of hydrogen-bond acceptors (Lipinski definition) is 7. The van der Waals surface area contributed by atoms with E-state index in [2.05, 4.69) is 22.4 Å². The van der Waals surface area contributed by atoms with Crippen LogP contribution in [-0.4, -0.2) is 48.7 Å². The van der Waals surface area contributed by atoms with Crippen LogP contribution < -0.4 is 10.1 Å². The Labute approximate surface area is 320 Å². The number of aryl methyl sites for hydroxylation is 2. The Bertz CT molecular complexity index is 2310. The summed E-state index contributed by atoms with van der Waals surface area (Å²) in [4.78, 5) is 29.4. The number of anilines is 1. The van der Waals surface area contributed by atoms with Gasteiger partial charge in [0.2, 0.25) is 0 Å². The molecule has 1 aliphatic carbocycles. The van der Waals surface area contributed by atoms with Gasteiger partial charge in [-0.2, -0.15) is 23.7 Å². The molecule has 4 aromatic carbocycles. The summed E-state index contributed by atoms with van der Waals surface area (Å²) in [6.07, 6.45) is -0.580. The molecule has 288 valence electrons. The molecule has 1 atom stereocenters. The van der Waals surface area contributed by atoms with Crippen LogP contribution in [-0.2, 0) is 33.3 Å². The van der Waals surface area contributed by atoms with Gasteiger partial charge >= 0.3 is 6.18 Å². The zero-order valence-corrected chi connectivity index (χ0v) is 30.5. The third-order valence-electron chi connectivity index (χ3n) is 9.67. The highest BCUT2D eigenvalue weighted by Gasteiger charge is 2.37. The number of amides is 1. The smallest absolute Gasteiger partial charge is 0.417 e. The largest absolute Gasteiger partial charge is 0.490 e. The number of carbonyl (C=O) groups excluding carboxylic acids is 2. The number of Topliss-reactive ketones (excluding diaryl/α,β-unsaturated/α-hetero) is 1. The highest BCUT2D eigenvalue weighted by atomic mass is 19.4. The van der Waals surface area contributed by atoms with Crippen LogP contribution in [0.1, 0.15) is 70.8 Å². The summed E-state index contributed by atoms with van der Waals surface area (Å²) in [6, 6.07) is 23.5. The average Bonchev–Trinajstić information content (AvgIpc) is 3.46. The van der Waals surface area contributed by atoms with Crippen molar-refractivity contribution in [2.24, 2.45) is 0 Å². The summed E-state index contributed by atoms with van der Waals surface area (Å²) in [5.74, 6) is -0.897. The van der Waals surface area contributed by atoms with Crippen LogP contribution in [0.25, 0.3) is 22.2 Å². The van der Waals surface area contributed by atoms with E-state index < -0.39 is 34.6 Å². The third kappa shape index (κ3) is 9.25. The van der Waals surface area contributed by atoms with Crippen LogP contribution in [0.2, 0.25) is 0 Å². The lowest BCUT2D eigenvalue weighted by Gasteiger charge is -2.29. The molecule has 0 bridgehead atoms. The van der Waals surface area contributed by atoms with E-state index in [1.165, 1.54) is 43.3 Å². The number of alkyl halides is 3. The van der Waals surface area contributed by atoms with Crippen molar-refractivity contribution >= 4 is 28.3 Å². The molecule has 0 saturated carbocycles. The van der Waals surface area contributed by atoms with E-state index in [9.17, 15) is 27.2 Å².